The van der Waals surface area contributed by atoms with Gasteiger partial charge in [-0.15, -0.1) is 0 Å². The predicted octanol–water partition coefficient (Wildman–Crippen LogP) is -0.855. The van der Waals surface area contributed by atoms with Crippen molar-refractivity contribution in [2.75, 3.05) is 18.5 Å². The maximum atomic E-state index is 12.3. The molecule has 2 amide bonds. The summed E-state index contributed by atoms with van der Waals surface area (Å²) in [4.78, 5) is 35.4. The summed E-state index contributed by atoms with van der Waals surface area (Å²) >= 11 is 0. The third-order valence-electron chi connectivity index (χ3n) is 4.15. The van der Waals surface area contributed by atoms with E-state index in [0.29, 0.717) is 11.3 Å². The number of sulfonamides is 1. The number of aliphatic carboxylic acids is 1. The summed E-state index contributed by atoms with van der Waals surface area (Å²) in [6.45, 7) is -0.458. The van der Waals surface area contributed by atoms with Crippen molar-refractivity contribution in [3.63, 3.8) is 0 Å². The summed E-state index contributed by atoms with van der Waals surface area (Å²) in [5.74, 6) is 2.73. The van der Waals surface area contributed by atoms with Crippen molar-refractivity contribution < 1.29 is 27.9 Å². The molecule has 0 radical (unpaired) electrons. The Bertz CT molecular complexity index is 1030. The Morgan fingerprint density at radius 1 is 0.969 bits per heavy atom. The van der Waals surface area contributed by atoms with Crippen molar-refractivity contribution in [3.05, 3.63) is 60.2 Å². The Morgan fingerprint density at radius 2 is 1.62 bits per heavy atom. The maximum Gasteiger partial charge on any atom is 0.323 e. The van der Waals surface area contributed by atoms with Crippen LogP contribution in [0.25, 0.3) is 0 Å². The van der Waals surface area contributed by atoms with Crippen LogP contribution in [0, 0.1) is 0 Å². The molecule has 0 saturated heterocycles. The van der Waals surface area contributed by atoms with Crippen LogP contribution in [-0.4, -0.2) is 50.4 Å². The highest BCUT2D eigenvalue weighted by molar-refractivity contribution is 7.89. The van der Waals surface area contributed by atoms with Gasteiger partial charge in [-0.05, 0) is 36.4 Å². The van der Waals surface area contributed by atoms with Gasteiger partial charge in [0.1, 0.15) is 6.04 Å². The first-order valence-electron chi connectivity index (χ1n) is 9.39. The topological polar surface area (TPSA) is 192 Å². The number of nitrogens with one attached hydrogen (secondary N) is 5. The lowest BCUT2D eigenvalue weighted by molar-refractivity contribution is -0.138. The average molecular weight is 465 g/mol. The zero-order valence-electron chi connectivity index (χ0n) is 16.9. The monoisotopic (exact) mass is 464 g/mol. The van der Waals surface area contributed by atoms with E-state index in [1.807, 2.05) is 4.72 Å². The fourth-order valence-electron chi connectivity index (χ4n) is 2.52. The van der Waals surface area contributed by atoms with Gasteiger partial charge in [-0.1, -0.05) is 18.2 Å². The highest BCUT2D eigenvalue weighted by atomic mass is 32.2. The Hall–Kier alpha value is -3.52. The molecule has 1 atom stereocenters. The Balaban J connectivity index is 1.80. The van der Waals surface area contributed by atoms with E-state index in [1.54, 1.807) is 30.3 Å². The molecule has 2 aromatic rings. The van der Waals surface area contributed by atoms with Crippen molar-refractivity contribution in [1.82, 2.24) is 20.9 Å². The van der Waals surface area contributed by atoms with Crippen molar-refractivity contribution in [2.24, 2.45) is 5.84 Å². The largest absolute Gasteiger partial charge is 0.480 e. The standard InChI is InChI=1S/C19H24N6O6S/c20-25-23-14-8-6-13(7-9-14)18(27)21-11-10-17(26)22-12-16(19(28)29)24-32(30,31)15-4-2-1-3-5-15/h1-9,16,23-25H,10-12,20H2,(H,21,27)(H,22,26)(H,28,29)/t16-/m0/s1. The molecule has 0 bridgehead atoms. The highest BCUT2D eigenvalue weighted by Crippen LogP contribution is 2.09. The van der Waals surface area contributed by atoms with E-state index in [2.05, 4.69) is 21.6 Å². The van der Waals surface area contributed by atoms with Crippen LogP contribution in [0.15, 0.2) is 59.5 Å². The molecular formula is C19H24N6O6S. The first-order valence-corrected chi connectivity index (χ1v) is 10.9. The normalized spacial score (nSPS) is 11.9. The van der Waals surface area contributed by atoms with Crippen LogP contribution < -0.4 is 32.2 Å². The summed E-state index contributed by atoms with van der Waals surface area (Å²) in [6.07, 6.45) is -0.125. The number of carbonyl (C=O) groups is 3. The molecule has 32 heavy (non-hydrogen) atoms. The molecule has 0 saturated carbocycles. The van der Waals surface area contributed by atoms with Crippen LogP contribution in [0.3, 0.4) is 0 Å². The van der Waals surface area contributed by atoms with Gasteiger partial charge in [0.05, 0.1) is 10.6 Å². The molecule has 8 N–H and O–H groups in total. The minimum atomic E-state index is -4.07. The minimum Gasteiger partial charge on any atom is -0.480 e. The summed E-state index contributed by atoms with van der Waals surface area (Å²) in [5.41, 5.74) is 5.92. The lowest BCUT2D eigenvalue weighted by atomic mass is 10.2. The van der Waals surface area contributed by atoms with Crippen molar-refractivity contribution in [1.29, 1.82) is 0 Å². The lowest BCUT2D eigenvalue weighted by Crippen LogP contribution is -2.48. The molecule has 0 spiro atoms. The number of rotatable bonds is 12. The molecule has 13 heteroatoms. The van der Waals surface area contributed by atoms with Gasteiger partial charge in [0, 0.05) is 25.1 Å². The number of hydrazine groups is 2. The Kier molecular flexibility index (Phi) is 9.09. The predicted molar refractivity (Wildman–Crippen MR) is 116 cm³/mol. The van der Waals surface area contributed by atoms with Crippen molar-refractivity contribution in [3.8, 4) is 0 Å². The van der Waals surface area contributed by atoms with E-state index < -0.39 is 40.4 Å². The number of hydrogen-bond donors (Lipinski definition) is 7. The smallest absolute Gasteiger partial charge is 0.323 e. The SMILES string of the molecule is NNNc1ccc(C(=O)NCCC(=O)NC[C@H](NS(=O)(=O)c2ccccc2)C(=O)O)cc1. The molecular weight excluding hydrogens is 440 g/mol. The quantitative estimate of drug-likeness (QED) is 0.155. The molecule has 0 aromatic heterocycles. The molecule has 172 valence electrons. The highest BCUT2D eigenvalue weighted by Gasteiger charge is 2.25. The number of carboxylic acid groups (broad SMARTS) is 1. The van der Waals surface area contributed by atoms with E-state index in [0.717, 1.165) is 0 Å². The van der Waals surface area contributed by atoms with Gasteiger partial charge in [0.15, 0.2) is 0 Å². The number of benzene rings is 2. The van der Waals surface area contributed by atoms with Crippen molar-refractivity contribution in [2.45, 2.75) is 17.4 Å². The minimum absolute atomic E-state index is 0.00248. The van der Waals surface area contributed by atoms with Gasteiger partial charge in [-0.2, -0.15) is 10.3 Å². The Labute approximate surface area is 184 Å². The molecule has 0 aliphatic heterocycles. The first kappa shape index (κ1) is 24.7. The number of carbonyl (C=O) groups excluding carboxylic acids is 2. The van der Waals surface area contributed by atoms with E-state index in [1.165, 1.54) is 24.3 Å². The van der Waals surface area contributed by atoms with E-state index in [9.17, 15) is 27.9 Å². The Morgan fingerprint density at radius 3 is 2.22 bits per heavy atom. The van der Waals surface area contributed by atoms with Crippen LogP contribution in [0.5, 0.6) is 0 Å². The van der Waals surface area contributed by atoms with Crippen molar-refractivity contribution >= 4 is 33.5 Å². The number of anilines is 1. The molecule has 2 rings (SSSR count). The third kappa shape index (κ3) is 7.63. The van der Waals surface area contributed by atoms with Gasteiger partial charge in [0.2, 0.25) is 15.9 Å². The van der Waals surface area contributed by atoms with E-state index >= 15 is 0 Å². The van der Waals surface area contributed by atoms with Crippen LogP contribution in [0.2, 0.25) is 0 Å². The van der Waals surface area contributed by atoms with Gasteiger partial charge < -0.3 is 21.2 Å². The molecule has 0 aliphatic carbocycles. The molecule has 12 nitrogen and oxygen atoms in total. The molecule has 0 unspecified atom stereocenters. The third-order valence-corrected chi connectivity index (χ3v) is 5.64. The zero-order valence-corrected chi connectivity index (χ0v) is 17.7. The van der Waals surface area contributed by atoms with Crippen LogP contribution in [-0.2, 0) is 19.6 Å². The van der Waals surface area contributed by atoms with Crippen LogP contribution in [0.1, 0.15) is 16.8 Å². The summed E-state index contributed by atoms with van der Waals surface area (Å²) in [5, 5.41) is 14.2. The van der Waals surface area contributed by atoms with E-state index in [-0.39, 0.29) is 17.9 Å². The summed E-state index contributed by atoms with van der Waals surface area (Å²) in [7, 11) is -4.07. The fourth-order valence-corrected chi connectivity index (χ4v) is 3.73. The second kappa shape index (κ2) is 11.8. The first-order chi connectivity index (χ1) is 15.2. The number of amides is 2. The van der Waals surface area contributed by atoms with Gasteiger partial charge in [-0.25, -0.2) is 8.42 Å². The van der Waals surface area contributed by atoms with Gasteiger partial charge in [0.25, 0.3) is 5.91 Å². The molecule has 0 heterocycles. The fraction of sp³-hybridized carbons (Fsp3) is 0.211. The molecule has 2 aromatic carbocycles. The average Bonchev–Trinajstić information content (AvgIpc) is 2.77. The van der Waals surface area contributed by atoms with Gasteiger partial charge in [-0.3, -0.25) is 20.2 Å². The number of carboxylic acids is 1. The van der Waals surface area contributed by atoms with E-state index in [4.69, 9.17) is 5.84 Å². The molecule has 0 aliphatic rings. The molecule has 0 fully saturated rings. The van der Waals surface area contributed by atoms with Crippen LogP contribution >= 0.6 is 0 Å². The second-order valence-corrected chi connectivity index (χ2v) is 8.20. The number of hydrogen-bond acceptors (Lipinski definition) is 8. The summed E-state index contributed by atoms with van der Waals surface area (Å²) < 4.78 is 26.6. The maximum absolute atomic E-state index is 12.3. The second-order valence-electron chi connectivity index (χ2n) is 6.48. The number of nitrogens with two attached hydrogens (primary N) is 1. The van der Waals surface area contributed by atoms with Gasteiger partial charge >= 0.3 is 5.97 Å². The zero-order chi connectivity index (χ0) is 23.6. The lowest BCUT2D eigenvalue weighted by Gasteiger charge is -2.15. The summed E-state index contributed by atoms with van der Waals surface area (Å²) in [6, 6.07) is 12.1. The van der Waals surface area contributed by atoms with Crippen LogP contribution in [0.4, 0.5) is 5.69 Å².